The van der Waals surface area contributed by atoms with Crippen molar-refractivity contribution in [2.45, 2.75) is 32.2 Å². The van der Waals surface area contributed by atoms with Crippen LogP contribution in [0.5, 0.6) is 0 Å². The second kappa shape index (κ2) is 6.20. The summed E-state index contributed by atoms with van der Waals surface area (Å²) >= 11 is 0. The van der Waals surface area contributed by atoms with Crippen LogP contribution >= 0.6 is 0 Å². The van der Waals surface area contributed by atoms with E-state index in [9.17, 15) is 9.59 Å². The third-order valence-corrected chi connectivity index (χ3v) is 4.93. The van der Waals surface area contributed by atoms with E-state index in [-0.39, 0.29) is 23.9 Å². The van der Waals surface area contributed by atoms with Gasteiger partial charge in [0.25, 0.3) is 5.56 Å². The third kappa shape index (κ3) is 2.73. The Morgan fingerprint density at radius 2 is 2.08 bits per heavy atom. The molecule has 1 aliphatic heterocycles. The lowest BCUT2D eigenvalue weighted by atomic mass is 10.0. The van der Waals surface area contributed by atoms with Crippen molar-refractivity contribution in [1.29, 1.82) is 0 Å². The van der Waals surface area contributed by atoms with Crippen LogP contribution in [-0.4, -0.2) is 31.9 Å². The molecular weight excluding hydrogens is 316 g/mol. The number of H-pyrrole nitrogens is 1. The zero-order valence-corrected chi connectivity index (χ0v) is 14.1. The van der Waals surface area contributed by atoms with Gasteiger partial charge in [0.1, 0.15) is 0 Å². The Morgan fingerprint density at radius 1 is 1.28 bits per heavy atom. The van der Waals surface area contributed by atoms with E-state index in [4.69, 9.17) is 0 Å². The fourth-order valence-corrected chi connectivity index (χ4v) is 3.65. The van der Waals surface area contributed by atoms with E-state index in [1.54, 1.807) is 19.2 Å². The maximum absolute atomic E-state index is 12.9. The number of fused-ring (bicyclic) bond motifs is 1. The highest BCUT2D eigenvalue weighted by Gasteiger charge is 2.30. The number of nitrogens with one attached hydrogen (secondary N) is 1. The first-order valence-corrected chi connectivity index (χ1v) is 8.55. The van der Waals surface area contributed by atoms with E-state index in [1.165, 1.54) is 4.52 Å². The highest BCUT2D eigenvalue weighted by atomic mass is 16.2. The van der Waals surface area contributed by atoms with Crippen LogP contribution in [0.15, 0.2) is 47.4 Å². The molecule has 2 aromatic heterocycles. The monoisotopic (exact) mass is 336 g/mol. The molecule has 1 amide bonds. The number of benzene rings is 1. The second-order valence-electron chi connectivity index (χ2n) is 6.47. The van der Waals surface area contributed by atoms with Crippen LogP contribution in [0.2, 0.25) is 0 Å². The van der Waals surface area contributed by atoms with E-state index < -0.39 is 0 Å². The van der Waals surface area contributed by atoms with Crippen molar-refractivity contribution < 1.29 is 4.79 Å². The van der Waals surface area contributed by atoms with Crippen LogP contribution in [0, 0.1) is 6.92 Å². The lowest BCUT2D eigenvalue weighted by molar-refractivity contribution is -0.131. The summed E-state index contributed by atoms with van der Waals surface area (Å²) in [7, 11) is 0. The van der Waals surface area contributed by atoms with Gasteiger partial charge in [-0.3, -0.25) is 14.7 Å². The molecule has 0 spiro atoms. The summed E-state index contributed by atoms with van der Waals surface area (Å²) in [5, 5.41) is 2.85. The highest BCUT2D eigenvalue weighted by molar-refractivity contribution is 5.79. The predicted octanol–water partition coefficient (Wildman–Crippen LogP) is 2.24. The number of nitrogens with zero attached hydrogens (tertiary/aromatic N) is 3. The van der Waals surface area contributed by atoms with Gasteiger partial charge < -0.3 is 4.90 Å². The third-order valence-electron chi connectivity index (χ3n) is 4.93. The Kier molecular flexibility index (Phi) is 3.87. The molecule has 0 bridgehead atoms. The Balaban J connectivity index is 1.63. The van der Waals surface area contributed by atoms with Gasteiger partial charge in [0, 0.05) is 30.1 Å². The Hall–Kier alpha value is -2.89. The summed E-state index contributed by atoms with van der Waals surface area (Å²) in [6.45, 7) is 2.52. The largest absolute Gasteiger partial charge is 0.335 e. The van der Waals surface area contributed by atoms with E-state index in [0.717, 1.165) is 24.9 Å². The lowest BCUT2D eigenvalue weighted by Gasteiger charge is -2.25. The average Bonchev–Trinajstić information content (AvgIpc) is 3.28. The number of likely N-dealkylation sites (tertiary alicyclic amines) is 1. The summed E-state index contributed by atoms with van der Waals surface area (Å²) in [5.41, 5.74) is 2.61. The lowest BCUT2D eigenvalue weighted by Crippen LogP contribution is -2.34. The van der Waals surface area contributed by atoms with Gasteiger partial charge in [-0.2, -0.15) is 0 Å². The predicted molar refractivity (Wildman–Crippen MR) is 94.4 cm³/mol. The standard InChI is InChI=1S/C19H20N4O2/c1-13-15(19(25)23-17(21-13)9-10-20-23)12-18(24)22-11-5-8-16(22)14-6-3-2-4-7-14/h2-4,6-7,9-10,16,20H,5,8,11-12H2,1H3. The number of carbonyl (C=O) groups is 1. The average molecular weight is 336 g/mol. The molecule has 1 atom stereocenters. The number of aromatic nitrogens is 3. The van der Waals surface area contributed by atoms with Crippen LogP contribution in [0.25, 0.3) is 5.65 Å². The molecule has 6 heteroatoms. The van der Waals surface area contributed by atoms with Crippen molar-refractivity contribution in [3.05, 3.63) is 69.8 Å². The molecule has 0 saturated carbocycles. The second-order valence-corrected chi connectivity index (χ2v) is 6.47. The van der Waals surface area contributed by atoms with E-state index in [0.29, 0.717) is 16.9 Å². The first-order valence-electron chi connectivity index (χ1n) is 8.55. The fraction of sp³-hybridized carbons (Fsp3) is 0.316. The van der Waals surface area contributed by atoms with Gasteiger partial charge in [-0.25, -0.2) is 9.50 Å². The summed E-state index contributed by atoms with van der Waals surface area (Å²) in [4.78, 5) is 31.9. The minimum Gasteiger partial charge on any atom is -0.335 e. The van der Waals surface area contributed by atoms with Crippen LogP contribution in [-0.2, 0) is 11.2 Å². The SMILES string of the molecule is Cc1nc2cc[nH]n2c(=O)c1CC(=O)N1CCCC1c1ccccc1. The van der Waals surface area contributed by atoms with Gasteiger partial charge in [0.05, 0.1) is 12.5 Å². The van der Waals surface area contributed by atoms with Gasteiger partial charge in [-0.15, -0.1) is 0 Å². The number of hydrogen-bond donors (Lipinski definition) is 1. The first-order chi connectivity index (χ1) is 12.1. The minimum atomic E-state index is -0.198. The molecule has 128 valence electrons. The molecule has 0 radical (unpaired) electrons. The molecule has 4 rings (SSSR count). The van der Waals surface area contributed by atoms with E-state index in [1.807, 2.05) is 23.1 Å². The molecular formula is C19H20N4O2. The van der Waals surface area contributed by atoms with Crippen LogP contribution in [0.4, 0.5) is 0 Å². The van der Waals surface area contributed by atoms with Crippen molar-refractivity contribution in [3.8, 4) is 0 Å². The highest BCUT2D eigenvalue weighted by Crippen LogP contribution is 2.32. The minimum absolute atomic E-state index is 0.0140. The van der Waals surface area contributed by atoms with Crippen LogP contribution in [0.1, 0.15) is 35.7 Å². The topological polar surface area (TPSA) is 70.5 Å². The van der Waals surface area contributed by atoms with Crippen molar-refractivity contribution in [2.75, 3.05) is 6.54 Å². The van der Waals surface area contributed by atoms with Gasteiger partial charge >= 0.3 is 0 Å². The maximum atomic E-state index is 12.9. The summed E-state index contributed by atoms with van der Waals surface area (Å²) in [5.74, 6) is -0.0140. The molecule has 3 aromatic rings. The van der Waals surface area contributed by atoms with Crippen LogP contribution < -0.4 is 5.56 Å². The van der Waals surface area contributed by atoms with Crippen LogP contribution in [0.3, 0.4) is 0 Å². The number of amides is 1. The van der Waals surface area contributed by atoms with Gasteiger partial charge in [0.15, 0.2) is 5.65 Å². The fourth-order valence-electron chi connectivity index (χ4n) is 3.65. The number of hydrogen-bond acceptors (Lipinski definition) is 3. The molecule has 1 saturated heterocycles. The molecule has 1 aromatic carbocycles. The van der Waals surface area contributed by atoms with Gasteiger partial charge in [0.2, 0.25) is 5.91 Å². The Labute approximate surface area is 145 Å². The number of carbonyl (C=O) groups excluding carboxylic acids is 1. The molecule has 1 unspecified atom stereocenters. The molecule has 3 heterocycles. The molecule has 25 heavy (non-hydrogen) atoms. The van der Waals surface area contributed by atoms with Gasteiger partial charge in [-0.05, 0) is 25.3 Å². The summed E-state index contributed by atoms with van der Waals surface area (Å²) < 4.78 is 1.38. The number of rotatable bonds is 3. The molecule has 1 fully saturated rings. The molecule has 1 aliphatic rings. The van der Waals surface area contributed by atoms with E-state index >= 15 is 0 Å². The Morgan fingerprint density at radius 3 is 2.88 bits per heavy atom. The number of aromatic amines is 1. The van der Waals surface area contributed by atoms with Gasteiger partial charge in [-0.1, -0.05) is 30.3 Å². The molecule has 0 aliphatic carbocycles. The summed E-state index contributed by atoms with van der Waals surface area (Å²) in [6.07, 6.45) is 3.70. The van der Waals surface area contributed by atoms with E-state index in [2.05, 4.69) is 22.2 Å². The zero-order chi connectivity index (χ0) is 17.4. The number of aryl methyl sites for hydroxylation is 1. The van der Waals surface area contributed by atoms with Crippen molar-refractivity contribution in [2.24, 2.45) is 0 Å². The zero-order valence-electron chi connectivity index (χ0n) is 14.1. The Bertz CT molecular complexity index is 974. The first kappa shape index (κ1) is 15.6. The molecule has 6 nitrogen and oxygen atoms in total. The summed E-state index contributed by atoms with van der Waals surface area (Å²) in [6, 6.07) is 11.9. The quantitative estimate of drug-likeness (QED) is 0.797. The maximum Gasteiger partial charge on any atom is 0.276 e. The van der Waals surface area contributed by atoms with Crippen molar-refractivity contribution in [1.82, 2.24) is 19.5 Å². The smallest absolute Gasteiger partial charge is 0.276 e. The van der Waals surface area contributed by atoms with Crippen molar-refractivity contribution in [3.63, 3.8) is 0 Å². The molecule has 1 N–H and O–H groups in total. The van der Waals surface area contributed by atoms with Crippen molar-refractivity contribution >= 4 is 11.6 Å². The normalized spacial score (nSPS) is 17.3.